The molecule has 1 aromatic rings. The van der Waals surface area contributed by atoms with E-state index in [9.17, 15) is 9.59 Å². The third-order valence-electron chi connectivity index (χ3n) is 2.36. The van der Waals surface area contributed by atoms with E-state index < -0.39 is 0 Å². The van der Waals surface area contributed by atoms with Crippen LogP contribution in [0.25, 0.3) is 0 Å². The molecule has 16 heavy (non-hydrogen) atoms. The van der Waals surface area contributed by atoms with Crippen LogP contribution < -0.4 is 16.6 Å². The number of carbonyl (C=O) groups excluding carboxylic acids is 1. The number of hydrogen-bond donors (Lipinski definition) is 3. The van der Waals surface area contributed by atoms with Crippen LogP contribution in [0.4, 0.5) is 0 Å². The van der Waals surface area contributed by atoms with Gasteiger partial charge in [0.2, 0.25) is 5.56 Å². The topological polar surface area (TPSA) is 88.0 Å². The first-order valence-electron chi connectivity index (χ1n) is 5.37. The van der Waals surface area contributed by atoms with Crippen LogP contribution in [-0.2, 0) is 0 Å². The summed E-state index contributed by atoms with van der Waals surface area (Å²) >= 11 is 0. The van der Waals surface area contributed by atoms with Gasteiger partial charge in [-0.05, 0) is 25.5 Å². The monoisotopic (exact) mass is 223 g/mol. The first kappa shape index (κ1) is 12.4. The number of carbonyl (C=O) groups is 1. The molecule has 1 aromatic heterocycles. The molecular formula is C11H17N3O2. The largest absolute Gasteiger partial charge is 0.348 e. The van der Waals surface area contributed by atoms with Crippen molar-refractivity contribution in [3.05, 3.63) is 34.2 Å². The van der Waals surface area contributed by atoms with Gasteiger partial charge in [0.1, 0.15) is 5.69 Å². The van der Waals surface area contributed by atoms with Crippen LogP contribution in [0, 0.1) is 0 Å². The SMILES string of the molecule is CCC(CCN)NC(=O)c1cccc(=O)[nH]1. The van der Waals surface area contributed by atoms with Gasteiger partial charge in [0.15, 0.2) is 0 Å². The lowest BCUT2D eigenvalue weighted by molar-refractivity contribution is 0.0929. The van der Waals surface area contributed by atoms with Crippen molar-refractivity contribution in [3.63, 3.8) is 0 Å². The minimum absolute atomic E-state index is 0.0567. The van der Waals surface area contributed by atoms with Gasteiger partial charge < -0.3 is 16.0 Å². The van der Waals surface area contributed by atoms with Crippen molar-refractivity contribution < 1.29 is 4.79 Å². The van der Waals surface area contributed by atoms with Crippen molar-refractivity contribution in [3.8, 4) is 0 Å². The van der Waals surface area contributed by atoms with Crippen LogP contribution in [-0.4, -0.2) is 23.5 Å². The van der Waals surface area contributed by atoms with Crippen LogP contribution in [0.2, 0.25) is 0 Å². The van der Waals surface area contributed by atoms with Crippen molar-refractivity contribution in [2.24, 2.45) is 5.73 Å². The summed E-state index contributed by atoms with van der Waals surface area (Å²) in [4.78, 5) is 25.2. The summed E-state index contributed by atoms with van der Waals surface area (Å²) in [5.74, 6) is -0.266. The highest BCUT2D eigenvalue weighted by Gasteiger charge is 2.11. The Labute approximate surface area is 94.1 Å². The molecule has 0 bridgehead atoms. The molecule has 1 amide bonds. The van der Waals surface area contributed by atoms with Gasteiger partial charge in [-0.2, -0.15) is 0 Å². The molecule has 0 aromatic carbocycles. The molecule has 0 radical (unpaired) electrons. The highest BCUT2D eigenvalue weighted by atomic mass is 16.2. The first-order chi connectivity index (χ1) is 7.67. The van der Waals surface area contributed by atoms with E-state index in [1.165, 1.54) is 6.07 Å². The molecule has 88 valence electrons. The minimum Gasteiger partial charge on any atom is -0.348 e. The predicted molar refractivity (Wildman–Crippen MR) is 62.3 cm³/mol. The second-order valence-electron chi connectivity index (χ2n) is 3.58. The summed E-state index contributed by atoms with van der Waals surface area (Å²) in [5.41, 5.74) is 5.44. The highest BCUT2D eigenvalue weighted by molar-refractivity contribution is 5.92. The normalized spacial score (nSPS) is 12.1. The minimum atomic E-state index is -0.278. The van der Waals surface area contributed by atoms with E-state index in [4.69, 9.17) is 5.73 Å². The Kier molecular flexibility index (Phi) is 4.72. The number of amides is 1. The van der Waals surface area contributed by atoms with E-state index in [1.54, 1.807) is 12.1 Å². The fourth-order valence-electron chi connectivity index (χ4n) is 1.42. The van der Waals surface area contributed by atoms with E-state index >= 15 is 0 Å². The summed E-state index contributed by atoms with van der Waals surface area (Å²) < 4.78 is 0. The Bertz CT molecular complexity index is 400. The van der Waals surface area contributed by atoms with Crippen LogP contribution in [0.1, 0.15) is 30.3 Å². The van der Waals surface area contributed by atoms with Crippen molar-refractivity contribution in [1.82, 2.24) is 10.3 Å². The van der Waals surface area contributed by atoms with E-state index in [0.717, 1.165) is 12.8 Å². The predicted octanol–water partition coefficient (Wildman–Crippen LogP) is 0.232. The van der Waals surface area contributed by atoms with Gasteiger partial charge in [0.05, 0.1) is 0 Å². The maximum Gasteiger partial charge on any atom is 0.268 e. The molecule has 5 nitrogen and oxygen atoms in total. The molecule has 0 aliphatic rings. The first-order valence-corrected chi connectivity index (χ1v) is 5.37. The molecule has 1 atom stereocenters. The quantitative estimate of drug-likeness (QED) is 0.667. The number of aromatic amines is 1. The summed E-state index contributed by atoms with van der Waals surface area (Å²) in [6.07, 6.45) is 1.55. The molecule has 4 N–H and O–H groups in total. The second kappa shape index (κ2) is 6.07. The van der Waals surface area contributed by atoms with E-state index in [1.807, 2.05) is 6.92 Å². The van der Waals surface area contributed by atoms with Crippen LogP contribution in [0.5, 0.6) is 0 Å². The molecule has 1 rings (SSSR count). The van der Waals surface area contributed by atoms with Gasteiger partial charge in [-0.1, -0.05) is 13.0 Å². The zero-order chi connectivity index (χ0) is 12.0. The Hall–Kier alpha value is -1.62. The standard InChI is InChI=1S/C11H17N3O2/c1-2-8(6-7-12)13-11(16)9-4-3-5-10(15)14-9/h3-5,8H,2,6-7,12H2,1H3,(H,13,16)(H,14,15). The van der Waals surface area contributed by atoms with E-state index in [-0.39, 0.29) is 23.2 Å². The summed E-state index contributed by atoms with van der Waals surface area (Å²) in [7, 11) is 0. The fraction of sp³-hybridized carbons (Fsp3) is 0.455. The van der Waals surface area contributed by atoms with E-state index in [0.29, 0.717) is 6.54 Å². The third kappa shape index (κ3) is 3.51. The van der Waals surface area contributed by atoms with Gasteiger partial charge in [0, 0.05) is 12.1 Å². The van der Waals surface area contributed by atoms with Gasteiger partial charge in [-0.15, -0.1) is 0 Å². The molecule has 0 aliphatic heterocycles. The number of rotatable bonds is 5. The fourth-order valence-corrected chi connectivity index (χ4v) is 1.42. The average molecular weight is 223 g/mol. The molecule has 1 unspecified atom stereocenters. The molecule has 0 saturated carbocycles. The number of hydrogen-bond acceptors (Lipinski definition) is 3. The number of aromatic nitrogens is 1. The van der Waals surface area contributed by atoms with Gasteiger partial charge in [0.25, 0.3) is 5.91 Å². The van der Waals surface area contributed by atoms with Crippen LogP contribution in [0.3, 0.4) is 0 Å². The molecule has 0 saturated heterocycles. The molecule has 0 spiro atoms. The Balaban J connectivity index is 2.67. The number of nitrogens with two attached hydrogens (primary N) is 1. The maximum absolute atomic E-state index is 11.7. The lowest BCUT2D eigenvalue weighted by Crippen LogP contribution is -2.36. The van der Waals surface area contributed by atoms with Crippen LogP contribution >= 0.6 is 0 Å². The van der Waals surface area contributed by atoms with Crippen molar-refractivity contribution in [2.75, 3.05) is 6.54 Å². The zero-order valence-electron chi connectivity index (χ0n) is 9.32. The Morgan fingerprint density at radius 2 is 2.31 bits per heavy atom. The molecule has 0 fully saturated rings. The molecule has 0 aliphatic carbocycles. The zero-order valence-corrected chi connectivity index (χ0v) is 9.32. The lowest BCUT2D eigenvalue weighted by atomic mass is 10.1. The molecular weight excluding hydrogens is 206 g/mol. The van der Waals surface area contributed by atoms with Gasteiger partial charge in [-0.3, -0.25) is 9.59 Å². The van der Waals surface area contributed by atoms with Crippen molar-refractivity contribution in [2.45, 2.75) is 25.8 Å². The Morgan fingerprint density at radius 1 is 1.56 bits per heavy atom. The van der Waals surface area contributed by atoms with Gasteiger partial charge in [-0.25, -0.2) is 0 Å². The summed E-state index contributed by atoms with van der Waals surface area (Å²) in [6, 6.07) is 4.55. The summed E-state index contributed by atoms with van der Waals surface area (Å²) in [6.45, 7) is 2.51. The summed E-state index contributed by atoms with van der Waals surface area (Å²) in [5, 5.41) is 2.82. The Morgan fingerprint density at radius 3 is 2.88 bits per heavy atom. The maximum atomic E-state index is 11.7. The number of nitrogens with one attached hydrogen (secondary N) is 2. The number of pyridine rings is 1. The van der Waals surface area contributed by atoms with Crippen LogP contribution in [0.15, 0.2) is 23.0 Å². The smallest absolute Gasteiger partial charge is 0.268 e. The molecule has 5 heteroatoms. The number of H-pyrrole nitrogens is 1. The van der Waals surface area contributed by atoms with E-state index in [2.05, 4.69) is 10.3 Å². The highest BCUT2D eigenvalue weighted by Crippen LogP contribution is 1.98. The van der Waals surface area contributed by atoms with Crippen molar-refractivity contribution in [1.29, 1.82) is 0 Å². The average Bonchev–Trinajstić information content (AvgIpc) is 2.28. The lowest BCUT2D eigenvalue weighted by Gasteiger charge is -2.15. The third-order valence-corrected chi connectivity index (χ3v) is 2.36. The van der Waals surface area contributed by atoms with Crippen molar-refractivity contribution >= 4 is 5.91 Å². The second-order valence-corrected chi connectivity index (χ2v) is 3.58. The molecule has 1 heterocycles. The van der Waals surface area contributed by atoms with Gasteiger partial charge >= 0.3 is 0 Å².